The van der Waals surface area contributed by atoms with E-state index in [9.17, 15) is 4.79 Å². The zero-order valence-electron chi connectivity index (χ0n) is 11.0. The molecule has 1 heterocycles. The van der Waals surface area contributed by atoms with E-state index in [0.29, 0.717) is 20.2 Å². The number of benzene rings is 1. The van der Waals surface area contributed by atoms with Crippen molar-refractivity contribution >= 4 is 44.9 Å². The van der Waals surface area contributed by atoms with Gasteiger partial charge in [0.25, 0.3) is 0 Å². The molecule has 0 aliphatic carbocycles. The van der Waals surface area contributed by atoms with Crippen molar-refractivity contribution in [1.82, 2.24) is 9.78 Å². The van der Waals surface area contributed by atoms with E-state index in [1.165, 1.54) is 0 Å². The highest BCUT2D eigenvalue weighted by molar-refractivity contribution is 9.10. The predicted molar refractivity (Wildman–Crippen MR) is 84.8 cm³/mol. The fourth-order valence-electron chi connectivity index (χ4n) is 1.91. The van der Waals surface area contributed by atoms with Crippen molar-refractivity contribution in [3.63, 3.8) is 0 Å². The molecule has 0 aliphatic heterocycles. The molecule has 2 rings (SSSR count). The topological polar surface area (TPSA) is 34.9 Å². The fourth-order valence-corrected chi connectivity index (χ4v) is 2.73. The molecule has 0 spiro atoms. The van der Waals surface area contributed by atoms with Gasteiger partial charge in [-0.3, -0.25) is 9.48 Å². The third kappa shape index (κ3) is 3.25. The molecule has 6 heteroatoms. The number of halogens is 3. The Balaban J connectivity index is 2.28. The van der Waals surface area contributed by atoms with E-state index in [1.807, 2.05) is 13.8 Å². The summed E-state index contributed by atoms with van der Waals surface area (Å²) in [5.41, 5.74) is 1.40. The summed E-state index contributed by atoms with van der Waals surface area (Å²) in [5.74, 6) is -0.0125. The van der Waals surface area contributed by atoms with Gasteiger partial charge in [0.05, 0.1) is 20.7 Å². The van der Waals surface area contributed by atoms with E-state index in [2.05, 4.69) is 21.0 Å². The minimum absolute atomic E-state index is 0.0125. The van der Waals surface area contributed by atoms with Crippen LogP contribution in [0.15, 0.2) is 28.9 Å². The molecule has 0 saturated carbocycles. The molecule has 0 amide bonds. The normalized spacial score (nSPS) is 11.1. The van der Waals surface area contributed by atoms with Crippen LogP contribution in [0.1, 0.15) is 35.9 Å². The second kappa shape index (κ2) is 6.29. The van der Waals surface area contributed by atoms with Crippen molar-refractivity contribution in [2.24, 2.45) is 0 Å². The number of rotatable bonds is 4. The van der Waals surface area contributed by atoms with Crippen LogP contribution in [-0.4, -0.2) is 15.6 Å². The molecule has 0 saturated heterocycles. The first-order valence-electron chi connectivity index (χ1n) is 6.10. The zero-order chi connectivity index (χ0) is 14.9. The van der Waals surface area contributed by atoms with Crippen LogP contribution < -0.4 is 0 Å². The smallest absolute Gasteiger partial charge is 0.186 e. The van der Waals surface area contributed by atoms with Crippen LogP contribution in [-0.2, 0) is 6.42 Å². The van der Waals surface area contributed by atoms with Gasteiger partial charge in [-0.15, -0.1) is 0 Å². The van der Waals surface area contributed by atoms with Crippen molar-refractivity contribution in [3.05, 3.63) is 50.2 Å². The number of carbonyl (C=O) groups excluding carboxylic acids is 1. The molecule has 0 bridgehead atoms. The molecule has 2 aromatic rings. The van der Waals surface area contributed by atoms with Crippen LogP contribution in [0, 0.1) is 0 Å². The standard InChI is InChI=1S/C14H13BrCl2N2O/c1-8(2)19-14(10(15)7-18-19)13(20)6-9-3-4-11(16)12(17)5-9/h3-5,7-8H,6H2,1-2H3. The largest absolute Gasteiger partial charge is 0.292 e. The van der Waals surface area contributed by atoms with Gasteiger partial charge in [0.1, 0.15) is 5.69 Å². The molecule has 0 aliphatic rings. The zero-order valence-corrected chi connectivity index (χ0v) is 14.1. The number of hydrogen-bond acceptors (Lipinski definition) is 2. The van der Waals surface area contributed by atoms with Gasteiger partial charge < -0.3 is 0 Å². The van der Waals surface area contributed by atoms with Gasteiger partial charge in [-0.25, -0.2) is 0 Å². The Morgan fingerprint density at radius 3 is 2.65 bits per heavy atom. The van der Waals surface area contributed by atoms with Gasteiger partial charge in [-0.2, -0.15) is 5.10 Å². The Morgan fingerprint density at radius 2 is 2.05 bits per heavy atom. The molecule has 1 aromatic carbocycles. The average Bonchev–Trinajstić information content (AvgIpc) is 2.76. The monoisotopic (exact) mass is 374 g/mol. The van der Waals surface area contributed by atoms with Gasteiger partial charge in [0.15, 0.2) is 5.78 Å². The molecule has 20 heavy (non-hydrogen) atoms. The van der Waals surface area contributed by atoms with E-state index in [0.717, 1.165) is 5.56 Å². The highest BCUT2D eigenvalue weighted by Crippen LogP contribution is 2.25. The molecule has 0 atom stereocenters. The highest BCUT2D eigenvalue weighted by Gasteiger charge is 2.19. The minimum Gasteiger partial charge on any atom is -0.292 e. The van der Waals surface area contributed by atoms with Gasteiger partial charge in [0, 0.05) is 12.5 Å². The summed E-state index contributed by atoms with van der Waals surface area (Å²) in [4.78, 5) is 12.5. The quantitative estimate of drug-likeness (QED) is 0.708. The third-order valence-corrected chi connectivity index (χ3v) is 4.17. The molecule has 1 aromatic heterocycles. The Bertz CT molecular complexity index is 653. The lowest BCUT2D eigenvalue weighted by molar-refractivity contribution is 0.0980. The Kier molecular flexibility index (Phi) is 4.89. The SMILES string of the molecule is CC(C)n1ncc(Br)c1C(=O)Cc1ccc(Cl)c(Cl)c1. The van der Waals surface area contributed by atoms with Gasteiger partial charge in [-0.05, 0) is 47.5 Å². The Hall–Kier alpha value is -0.840. The summed E-state index contributed by atoms with van der Waals surface area (Å²) in [6.07, 6.45) is 1.90. The lowest BCUT2D eigenvalue weighted by Crippen LogP contribution is -2.14. The fraction of sp³-hybridized carbons (Fsp3) is 0.286. The summed E-state index contributed by atoms with van der Waals surface area (Å²) in [6.45, 7) is 3.96. The highest BCUT2D eigenvalue weighted by atomic mass is 79.9. The maximum absolute atomic E-state index is 12.5. The van der Waals surface area contributed by atoms with Crippen molar-refractivity contribution < 1.29 is 4.79 Å². The van der Waals surface area contributed by atoms with E-state index in [-0.39, 0.29) is 18.2 Å². The lowest BCUT2D eigenvalue weighted by Gasteiger charge is -2.11. The number of ketones is 1. The second-order valence-electron chi connectivity index (χ2n) is 4.73. The first-order valence-corrected chi connectivity index (χ1v) is 7.65. The number of Topliss-reactive ketones (excluding diaryl/α,β-unsaturated/α-hetero) is 1. The molecular formula is C14H13BrCl2N2O. The average molecular weight is 376 g/mol. The molecule has 0 fully saturated rings. The van der Waals surface area contributed by atoms with Crippen LogP contribution in [0.3, 0.4) is 0 Å². The first kappa shape index (κ1) is 15.5. The van der Waals surface area contributed by atoms with Crippen molar-refractivity contribution in [2.75, 3.05) is 0 Å². The van der Waals surface area contributed by atoms with E-state index >= 15 is 0 Å². The van der Waals surface area contributed by atoms with Crippen molar-refractivity contribution in [2.45, 2.75) is 26.3 Å². The maximum atomic E-state index is 12.5. The van der Waals surface area contributed by atoms with Gasteiger partial charge in [-0.1, -0.05) is 29.3 Å². The van der Waals surface area contributed by atoms with E-state index < -0.39 is 0 Å². The van der Waals surface area contributed by atoms with Crippen LogP contribution in [0.5, 0.6) is 0 Å². The van der Waals surface area contributed by atoms with Crippen molar-refractivity contribution in [1.29, 1.82) is 0 Å². The summed E-state index contributed by atoms with van der Waals surface area (Å²) in [6, 6.07) is 5.33. The van der Waals surface area contributed by atoms with Crippen LogP contribution in [0.25, 0.3) is 0 Å². The lowest BCUT2D eigenvalue weighted by atomic mass is 10.1. The maximum Gasteiger partial charge on any atom is 0.186 e. The third-order valence-electron chi connectivity index (χ3n) is 2.85. The first-order chi connectivity index (χ1) is 9.40. The summed E-state index contributed by atoms with van der Waals surface area (Å²) >= 11 is 15.2. The number of aromatic nitrogens is 2. The number of carbonyl (C=O) groups is 1. The summed E-state index contributed by atoms with van der Waals surface area (Å²) in [5, 5.41) is 5.15. The summed E-state index contributed by atoms with van der Waals surface area (Å²) in [7, 11) is 0. The second-order valence-corrected chi connectivity index (χ2v) is 6.40. The van der Waals surface area contributed by atoms with Crippen LogP contribution >= 0.6 is 39.1 Å². The molecule has 0 radical (unpaired) electrons. The summed E-state index contributed by atoms with van der Waals surface area (Å²) < 4.78 is 2.42. The minimum atomic E-state index is -0.0125. The predicted octanol–water partition coefficient (Wildman–Crippen LogP) is 4.96. The molecule has 106 valence electrons. The number of hydrogen-bond donors (Lipinski definition) is 0. The molecule has 0 unspecified atom stereocenters. The molecule has 3 nitrogen and oxygen atoms in total. The van der Waals surface area contributed by atoms with Crippen molar-refractivity contribution in [3.8, 4) is 0 Å². The van der Waals surface area contributed by atoms with E-state index in [1.54, 1.807) is 29.1 Å². The van der Waals surface area contributed by atoms with Crippen LogP contribution in [0.4, 0.5) is 0 Å². The number of nitrogens with zero attached hydrogens (tertiary/aromatic N) is 2. The van der Waals surface area contributed by atoms with Gasteiger partial charge in [0.2, 0.25) is 0 Å². The Morgan fingerprint density at radius 1 is 1.35 bits per heavy atom. The molecular weight excluding hydrogens is 363 g/mol. The van der Waals surface area contributed by atoms with Crippen LogP contribution in [0.2, 0.25) is 10.0 Å². The van der Waals surface area contributed by atoms with E-state index in [4.69, 9.17) is 23.2 Å². The Labute approximate surface area is 136 Å². The molecule has 0 N–H and O–H groups in total. The van der Waals surface area contributed by atoms with Gasteiger partial charge >= 0.3 is 0 Å².